The van der Waals surface area contributed by atoms with E-state index >= 15 is 0 Å². The van der Waals surface area contributed by atoms with Gasteiger partial charge in [-0.05, 0) is 19.3 Å². The molecule has 0 spiro atoms. The smallest absolute Gasteiger partial charge is 0.197 e. The lowest BCUT2D eigenvalue weighted by atomic mass is 10.1. The number of nitrogens with zero attached hydrogens (tertiary/aromatic N) is 2. The molecule has 5 heteroatoms. The van der Waals surface area contributed by atoms with Crippen LogP contribution >= 0.6 is 0 Å². The Morgan fingerprint density at radius 3 is 2.21 bits per heavy atom. The van der Waals surface area contributed by atoms with Gasteiger partial charge in [-0.3, -0.25) is 16.1 Å². The van der Waals surface area contributed by atoms with Gasteiger partial charge in [0, 0.05) is 27.2 Å². The van der Waals surface area contributed by atoms with E-state index in [-0.39, 0.29) is 5.96 Å². The predicted molar refractivity (Wildman–Crippen MR) is 57.7 cm³/mol. The lowest BCUT2D eigenvalue weighted by Gasteiger charge is -2.30. The van der Waals surface area contributed by atoms with Crippen LogP contribution in [0.3, 0.4) is 0 Å². The van der Waals surface area contributed by atoms with E-state index in [1.807, 2.05) is 4.90 Å². The van der Waals surface area contributed by atoms with Crippen LogP contribution in [0.4, 0.5) is 0 Å². The fraction of sp³-hybridized carbons (Fsp3) is 0.778. The Bertz CT molecular complexity index is 217. The summed E-state index contributed by atoms with van der Waals surface area (Å²) < 4.78 is 0. The Morgan fingerprint density at radius 2 is 1.71 bits per heavy atom. The first-order chi connectivity index (χ1) is 6.61. The van der Waals surface area contributed by atoms with Crippen molar-refractivity contribution in [2.75, 3.05) is 27.2 Å². The normalized spacial score (nSPS) is 16.3. The fourth-order valence-electron chi connectivity index (χ4n) is 1.42. The molecule has 1 rings (SSSR count). The lowest BCUT2D eigenvalue weighted by molar-refractivity contribution is 0.333. The van der Waals surface area contributed by atoms with Crippen molar-refractivity contribution in [2.45, 2.75) is 19.3 Å². The van der Waals surface area contributed by atoms with Gasteiger partial charge in [0.25, 0.3) is 0 Å². The Kier molecular flexibility index (Phi) is 3.73. The molecule has 80 valence electrons. The molecule has 1 fully saturated rings. The minimum atomic E-state index is 0.264. The van der Waals surface area contributed by atoms with Crippen LogP contribution in [0, 0.1) is 10.8 Å². The van der Waals surface area contributed by atoms with Crippen molar-refractivity contribution in [3.05, 3.63) is 0 Å². The zero-order valence-electron chi connectivity index (χ0n) is 8.93. The van der Waals surface area contributed by atoms with E-state index in [1.54, 1.807) is 19.0 Å². The van der Waals surface area contributed by atoms with E-state index in [0.717, 1.165) is 25.9 Å². The first-order valence-electron chi connectivity index (χ1n) is 4.97. The van der Waals surface area contributed by atoms with Crippen LogP contribution < -0.4 is 5.32 Å². The van der Waals surface area contributed by atoms with E-state index in [9.17, 15) is 0 Å². The van der Waals surface area contributed by atoms with Crippen LogP contribution in [-0.4, -0.2) is 48.9 Å². The molecule has 1 saturated heterocycles. The van der Waals surface area contributed by atoms with Gasteiger partial charge < -0.3 is 9.80 Å². The number of rotatable bonds is 0. The number of guanidine groups is 2. The van der Waals surface area contributed by atoms with E-state index in [0.29, 0.717) is 5.96 Å². The second-order valence-electron chi connectivity index (χ2n) is 3.76. The minimum absolute atomic E-state index is 0.264. The molecule has 0 atom stereocenters. The largest absolute Gasteiger partial charge is 0.349 e. The molecule has 1 heterocycles. The molecule has 1 aliphatic heterocycles. The van der Waals surface area contributed by atoms with Crippen molar-refractivity contribution in [2.24, 2.45) is 0 Å². The lowest BCUT2D eigenvalue weighted by Crippen LogP contribution is -2.48. The number of likely N-dealkylation sites (tertiary alicyclic amines) is 1. The van der Waals surface area contributed by atoms with Crippen molar-refractivity contribution in [3.63, 3.8) is 0 Å². The molecule has 0 saturated carbocycles. The van der Waals surface area contributed by atoms with Gasteiger partial charge in [-0.15, -0.1) is 0 Å². The highest BCUT2D eigenvalue weighted by Gasteiger charge is 2.14. The van der Waals surface area contributed by atoms with Crippen LogP contribution in [0.15, 0.2) is 0 Å². The van der Waals surface area contributed by atoms with Gasteiger partial charge in [0.2, 0.25) is 0 Å². The van der Waals surface area contributed by atoms with E-state index in [4.69, 9.17) is 10.8 Å². The topological polar surface area (TPSA) is 66.2 Å². The third kappa shape index (κ3) is 2.90. The molecule has 0 aromatic heterocycles. The molecule has 14 heavy (non-hydrogen) atoms. The van der Waals surface area contributed by atoms with Gasteiger partial charge in [-0.1, -0.05) is 0 Å². The second-order valence-corrected chi connectivity index (χ2v) is 3.76. The highest BCUT2D eigenvalue weighted by atomic mass is 15.3. The van der Waals surface area contributed by atoms with Gasteiger partial charge in [-0.25, -0.2) is 0 Å². The number of piperidine rings is 1. The molecule has 0 aliphatic carbocycles. The third-order valence-corrected chi connectivity index (χ3v) is 2.36. The van der Waals surface area contributed by atoms with Crippen LogP contribution in [-0.2, 0) is 0 Å². The second kappa shape index (κ2) is 4.83. The summed E-state index contributed by atoms with van der Waals surface area (Å²) >= 11 is 0. The summed E-state index contributed by atoms with van der Waals surface area (Å²) in [6, 6.07) is 0. The summed E-state index contributed by atoms with van der Waals surface area (Å²) in [6.45, 7) is 1.87. The number of nitrogens with one attached hydrogen (secondary N) is 3. The first-order valence-corrected chi connectivity index (χ1v) is 4.97. The average molecular weight is 197 g/mol. The van der Waals surface area contributed by atoms with Crippen LogP contribution in [0.2, 0.25) is 0 Å². The van der Waals surface area contributed by atoms with E-state index < -0.39 is 0 Å². The molecule has 1 aliphatic rings. The summed E-state index contributed by atoms with van der Waals surface area (Å²) in [5.74, 6) is 0.615. The van der Waals surface area contributed by atoms with Gasteiger partial charge in [0.05, 0.1) is 0 Å². The van der Waals surface area contributed by atoms with Gasteiger partial charge in [-0.2, -0.15) is 0 Å². The summed E-state index contributed by atoms with van der Waals surface area (Å²) in [5.41, 5.74) is 0. The maximum Gasteiger partial charge on any atom is 0.197 e. The summed E-state index contributed by atoms with van der Waals surface area (Å²) in [6.07, 6.45) is 3.56. The monoisotopic (exact) mass is 197 g/mol. The Hall–Kier alpha value is -1.26. The number of hydrogen-bond acceptors (Lipinski definition) is 2. The van der Waals surface area contributed by atoms with E-state index in [1.165, 1.54) is 6.42 Å². The zero-order valence-corrected chi connectivity index (χ0v) is 8.93. The Morgan fingerprint density at radius 1 is 1.14 bits per heavy atom. The Labute approximate surface area is 85.1 Å². The molecule has 0 bridgehead atoms. The highest BCUT2D eigenvalue weighted by molar-refractivity contribution is 5.95. The van der Waals surface area contributed by atoms with Gasteiger partial charge in [0.15, 0.2) is 11.9 Å². The molecular weight excluding hydrogens is 178 g/mol. The molecule has 0 aromatic rings. The van der Waals surface area contributed by atoms with E-state index in [2.05, 4.69) is 5.32 Å². The summed E-state index contributed by atoms with van der Waals surface area (Å²) in [4.78, 5) is 3.64. The SMILES string of the molecule is CN(C)C(=N)NC(=N)N1CCCCC1. The predicted octanol–water partition coefficient (Wildman–Crippen LogP) is 0.493. The molecule has 3 N–H and O–H groups in total. The average Bonchev–Trinajstić information content (AvgIpc) is 2.19. The standard InChI is InChI=1S/C9H19N5/c1-13(2)8(10)12-9(11)14-6-4-3-5-7-14/h3-7H2,1-2H3,(H3,10,11,12). The van der Waals surface area contributed by atoms with Crippen LogP contribution in [0.25, 0.3) is 0 Å². The third-order valence-electron chi connectivity index (χ3n) is 2.36. The van der Waals surface area contributed by atoms with Crippen LogP contribution in [0.5, 0.6) is 0 Å². The maximum absolute atomic E-state index is 7.75. The van der Waals surface area contributed by atoms with Crippen molar-refractivity contribution in [1.29, 1.82) is 10.8 Å². The van der Waals surface area contributed by atoms with Crippen molar-refractivity contribution < 1.29 is 0 Å². The van der Waals surface area contributed by atoms with Crippen molar-refractivity contribution in [3.8, 4) is 0 Å². The maximum atomic E-state index is 7.75. The van der Waals surface area contributed by atoms with Crippen molar-refractivity contribution >= 4 is 11.9 Å². The minimum Gasteiger partial charge on any atom is -0.349 e. The molecule has 0 unspecified atom stereocenters. The van der Waals surface area contributed by atoms with Gasteiger partial charge in [0.1, 0.15) is 0 Å². The van der Waals surface area contributed by atoms with Crippen LogP contribution in [0.1, 0.15) is 19.3 Å². The molecular formula is C9H19N5. The highest BCUT2D eigenvalue weighted by Crippen LogP contribution is 2.07. The summed E-state index contributed by atoms with van der Waals surface area (Å²) in [5, 5.41) is 18.1. The summed E-state index contributed by atoms with van der Waals surface area (Å²) in [7, 11) is 3.58. The molecule has 0 aromatic carbocycles. The fourth-order valence-corrected chi connectivity index (χ4v) is 1.42. The van der Waals surface area contributed by atoms with Crippen molar-refractivity contribution in [1.82, 2.24) is 15.1 Å². The zero-order chi connectivity index (χ0) is 10.6. The molecule has 5 nitrogen and oxygen atoms in total. The molecule has 0 radical (unpaired) electrons. The first kappa shape index (κ1) is 10.8. The van der Waals surface area contributed by atoms with Gasteiger partial charge >= 0.3 is 0 Å². The quantitative estimate of drug-likeness (QED) is 0.391. The Balaban J connectivity index is 2.37. The molecule has 0 amide bonds. The number of hydrogen-bond donors (Lipinski definition) is 3.